The summed E-state index contributed by atoms with van der Waals surface area (Å²) in [5.41, 5.74) is 0.908. The second-order valence-corrected chi connectivity index (χ2v) is 9.24. The average molecular weight is 415 g/mol. The molecule has 0 radical (unpaired) electrons. The molecule has 0 aromatic heterocycles. The van der Waals surface area contributed by atoms with Crippen molar-refractivity contribution >= 4 is 33.3 Å². The fourth-order valence-electron chi connectivity index (χ4n) is 2.84. The number of hydrogen-bond acceptors (Lipinski definition) is 4. The molecule has 0 unspecified atom stereocenters. The predicted molar refractivity (Wildman–Crippen MR) is 109 cm³/mol. The topological polar surface area (TPSA) is 82.1 Å². The van der Waals surface area contributed by atoms with Gasteiger partial charge in [0, 0.05) is 44.0 Å². The van der Waals surface area contributed by atoms with Gasteiger partial charge in [0.25, 0.3) is 0 Å². The van der Waals surface area contributed by atoms with Crippen LogP contribution in [0.25, 0.3) is 0 Å². The lowest BCUT2D eigenvalue weighted by Crippen LogP contribution is -2.54. The normalized spacial score (nSPS) is 15.7. The summed E-state index contributed by atoms with van der Waals surface area (Å²) in [5, 5.41) is 3.82. The van der Waals surface area contributed by atoms with Crippen molar-refractivity contribution in [3.63, 3.8) is 0 Å². The molecule has 9 heteroatoms. The maximum absolute atomic E-state index is 12.5. The van der Waals surface area contributed by atoms with Gasteiger partial charge in [0.1, 0.15) is 9.84 Å². The smallest absolute Gasteiger partial charge is 0.227 e. The zero-order valence-electron chi connectivity index (χ0n) is 15.8. The Morgan fingerprint density at radius 2 is 1.89 bits per heavy atom. The van der Waals surface area contributed by atoms with E-state index in [1.165, 1.54) is 6.26 Å². The van der Waals surface area contributed by atoms with Crippen LogP contribution in [-0.2, 0) is 21.1 Å². The molecule has 1 aromatic rings. The minimum absolute atomic E-state index is 0.0278. The number of rotatable bonds is 6. The Hall–Kier alpha value is -1.80. The third-order valence-corrected chi connectivity index (χ3v) is 5.39. The maximum atomic E-state index is 12.5. The molecule has 2 rings (SSSR count). The molecule has 0 spiro atoms. The number of nitrogens with zero attached hydrogens (tertiary/aromatic N) is 3. The highest BCUT2D eigenvalue weighted by Gasteiger charge is 2.23. The van der Waals surface area contributed by atoms with Crippen LogP contribution in [0.4, 0.5) is 0 Å². The number of sulfone groups is 1. The summed E-state index contributed by atoms with van der Waals surface area (Å²) in [6.45, 7) is 5.43. The van der Waals surface area contributed by atoms with Gasteiger partial charge in [-0.05, 0) is 24.6 Å². The molecule has 1 aliphatic rings. The molecule has 0 aliphatic carbocycles. The van der Waals surface area contributed by atoms with Gasteiger partial charge in [-0.3, -0.25) is 9.79 Å². The first-order chi connectivity index (χ1) is 12.8. The van der Waals surface area contributed by atoms with Crippen molar-refractivity contribution in [2.45, 2.75) is 13.3 Å². The van der Waals surface area contributed by atoms with Gasteiger partial charge in [-0.15, -0.1) is 0 Å². The van der Waals surface area contributed by atoms with Crippen molar-refractivity contribution in [3.05, 3.63) is 34.9 Å². The van der Waals surface area contributed by atoms with E-state index in [4.69, 9.17) is 11.6 Å². The fraction of sp³-hybridized carbons (Fsp3) is 0.556. The number of aliphatic imine (C=N–C) groups is 1. The Labute approximate surface area is 166 Å². The van der Waals surface area contributed by atoms with Crippen LogP contribution in [0.3, 0.4) is 0 Å². The first-order valence-electron chi connectivity index (χ1n) is 9.01. The van der Waals surface area contributed by atoms with Crippen LogP contribution in [0.1, 0.15) is 12.5 Å². The monoisotopic (exact) mass is 414 g/mol. The van der Waals surface area contributed by atoms with Crippen molar-refractivity contribution in [2.75, 3.05) is 51.3 Å². The standard InChI is InChI=1S/C18H27ClN4O3S/c1-3-20-18(21-7-12-27(2,25)26)23-10-8-22(9-11-23)17(24)14-15-5-4-6-16(19)13-15/h4-6,13H,3,7-12,14H2,1-2H3,(H,20,21). The number of benzene rings is 1. The first kappa shape index (κ1) is 21.5. The van der Waals surface area contributed by atoms with E-state index in [0.29, 0.717) is 50.1 Å². The Morgan fingerprint density at radius 3 is 2.48 bits per heavy atom. The fourth-order valence-corrected chi connectivity index (χ4v) is 3.48. The van der Waals surface area contributed by atoms with Crippen molar-refractivity contribution in [1.82, 2.24) is 15.1 Å². The molecule has 1 heterocycles. The quantitative estimate of drug-likeness (QED) is 0.555. The zero-order valence-corrected chi connectivity index (χ0v) is 17.4. The number of piperazine rings is 1. The van der Waals surface area contributed by atoms with Gasteiger partial charge >= 0.3 is 0 Å². The van der Waals surface area contributed by atoms with Crippen LogP contribution in [0.5, 0.6) is 0 Å². The minimum atomic E-state index is -3.03. The molecule has 27 heavy (non-hydrogen) atoms. The van der Waals surface area contributed by atoms with Crippen LogP contribution < -0.4 is 5.32 Å². The van der Waals surface area contributed by atoms with E-state index in [2.05, 4.69) is 15.2 Å². The Kier molecular flexibility index (Phi) is 7.91. The van der Waals surface area contributed by atoms with Gasteiger partial charge in [-0.25, -0.2) is 8.42 Å². The molecule has 0 bridgehead atoms. The summed E-state index contributed by atoms with van der Waals surface area (Å²) < 4.78 is 22.6. The second-order valence-electron chi connectivity index (χ2n) is 6.54. The first-order valence-corrected chi connectivity index (χ1v) is 11.5. The lowest BCUT2D eigenvalue weighted by Gasteiger charge is -2.36. The molecule has 0 saturated carbocycles. The van der Waals surface area contributed by atoms with Gasteiger partial charge in [0.05, 0.1) is 18.7 Å². The van der Waals surface area contributed by atoms with Gasteiger partial charge < -0.3 is 15.1 Å². The molecule has 1 aliphatic heterocycles. The number of carbonyl (C=O) groups excluding carboxylic acids is 1. The number of nitrogens with one attached hydrogen (secondary N) is 1. The Balaban J connectivity index is 1.89. The SMILES string of the molecule is CCNC(=NCCS(C)(=O)=O)N1CCN(C(=O)Cc2cccc(Cl)c2)CC1. The molecule has 150 valence electrons. The highest BCUT2D eigenvalue weighted by atomic mass is 35.5. The number of halogens is 1. The Morgan fingerprint density at radius 1 is 1.22 bits per heavy atom. The van der Waals surface area contributed by atoms with Crippen molar-refractivity contribution in [2.24, 2.45) is 4.99 Å². The summed E-state index contributed by atoms with van der Waals surface area (Å²) in [6.07, 6.45) is 1.54. The molecule has 1 fully saturated rings. The Bertz CT molecular complexity index is 775. The minimum Gasteiger partial charge on any atom is -0.357 e. The van der Waals surface area contributed by atoms with E-state index >= 15 is 0 Å². The molecular formula is C18H27ClN4O3S. The number of guanidine groups is 1. The van der Waals surface area contributed by atoms with E-state index in [0.717, 1.165) is 5.56 Å². The van der Waals surface area contributed by atoms with Gasteiger partial charge in [0.2, 0.25) is 5.91 Å². The zero-order chi connectivity index (χ0) is 19.9. The maximum Gasteiger partial charge on any atom is 0.227 e. The molecular weight excluding hydrogens is 388 g/mol. The van der Waals surface area contributed by atoms with Crippen LogP contribution in [-0.4, -0.2) is 81.4 Å². The van der Waals surface area contributed by atoms with Gasteiger partial charge in [-0.2, -0.15) is 0 Å². The molecule has 1 saturated heterocycles. The predicted octanol–water partition coefficient (Wildman–Crippen LogP) is 1.04. The van der Waals surface area contributed by atoms with Crippen LogP contribution in [0.2, 0.25) is 5.02 Å². The molecule has 1 aromatic carbocycles. The molecule has 1 amide bonds. The van der Waals surface area contributed by atoms with Crippen molar-refractivity contribution in [1.29, 1.82) is 0 Å². The molecule has 7 nitrogen and oxygen atoms in total. The number of amides is 1. The van der Waals surface area contributed by atoms with Crippen LogP contribution in [0.15, 0.2) is 29.3 Å². The summed E-state index contributed by atoms with van der Waals surface area (Å²) in [7, 11) is -3.03. The third kappa shape index (κ3) is 7.38. The third-order valence-electron chi connectivity index (χ3n) is 4.23. The van der Waals surface area contributed by atoms with Crippen molar-refractivity contribution < 1.29 is 13.2 Å². The van der Waals surface area contributed by atoms with Gasteiger partial charge in [0.15, 0.2) is 5.96 Å². The average Bonchev–Trinajstić information content (AvgIpc) is 2.60. The second kappa shape index (κ2) is 9.94. The summed E-state index contributed by atoms with van der Waals surface area (Å²) in [5.74, 6) is 0.805. The van der Waals surface area contributed by atoms with Gasteiger partial charge in [-0.1, -0.05) is 23.7 Å². The van der Waals surface area contributed by atoms with Crippen LogP contribution >= 0.6 is 11.6 Å². The summed E-state index contributed by atoms with van der Waals surface area (Å²) >= 11 is 5.98. The molecule has 0 atom stereocenters. The van der Waals surface area contributed by atoms with Crippen LogP contribution in [0, 0.1) is 0 Å². The van der Waals surface area contributed by atoms with E-state index in [9.17, 15) is 13.2 Å². The lowest BCUT2D eigenvalue weighted by molar-refractivity contribution is -0.131. The molecule has 1 N–H and O–H groups in total. The number of hydrogen-bond donors (Lipinski definition) is 1. The highest BCUT2D eigenvalue weighted by Crippen LogP contribution is 2.13. The van der Waals surface area contributed by atoms with E-state index < -0.39 is 9.84 Å². The highest BCUT2D eigenvalue weighted by molar-refractivity contribution is 7.90. The van der Waals surface area contributed by atoms with E-state index in [-0.39, 0.29) is 18.2 Å². The number of carbonyl (C=O) groups is 1. The van der Waals surface area contributed by atoms with E-state index in [1.54, 1.807) is 6.07 Å². The summed E-state index contributed by atoms with van der Waals surface area (Å²) in [4.78, 5) is 20.8. The van der Waals surface area contributed by atoms with E-state index in [1.807, 2.05) is 30.0 Å². The van der Waals surface area contributed by atoms with Crippen molar-refractivity contribution in [3.8, 4) is 0 Å². The largest absolute Gasteiger partial charge is 0.357 e. The lowest BCUT2D eigenvalue weighted by atomic mass is 10.1. The summed E-state index contributed by atoms with van der Waals surface area (Å²) in [6, 6.07) is 7.35.